The number of phenolic OH excluding ortho intramolecular Hbond substituents is 1. The number of esters is 1. The van der Waals surface area contributed by atoms with E-state index < -0.39 is 17.8 Å². The van der Waals surface area contributed by atoms with E-state index in [9.17, 15) is 19.5 Å². The molecule has 0 saturated carbocycles. The molecular weight excluding hydrogens is 312 g/mol. The highest BCUT2D eigenvalue weighted by Crippen LogP contribution is 2.20. The average Bonchev–Trinajstić information content (AvgIpc) is 2.57. The number of hydrogen-bond acceptors (Lipinski definition) is 5. The smallest absolute Gasteiger partial charge is 0.339 e. The highest BCUT2D eigenvalue weighted by molar-refractivity contribution is 6.44. The summed E-state index contributed by atoms with van der Waals surface area (Å²) < 4.78 is 4.63. The van der Waals surface area contributed by atoms with E-state index in [0.29, 0.717) is 11.3 Å². The minimum atomic E-state index is -0.932. The summed E-state index contributed by atoms with van der Waals surface area (Å²) in [6.45, 7) is 1.68. The Kier molecular flexibility index (Phi) is 5.16. The van der Waals surface area contributed by atoms with Crippen molar-refractivity contribution in [3.63, 3.8) is 0 Å². The largest absolute Gasteiger partial charge is 0.508 e. The molecule has 0 radical (unpaired) electrons. The first-order valence-corrected chi connectivity index (χ1v) is 7.01. The maximum atomic E-state index is 12.0. The van der Waals surface area contributed by atoms with Gasteiger partial charge in [-0.1, -0.05) is 12.1 Å². The second-order valence-electron chi connectivity index (χ2n) is 4.94. The Morgan fingerprint density at radius 1 is 0.958 bits per heavy atom. The Bertz CT molecular complexity index is 801. The number of hydrogen-bond donors (Lipinski definition) is 3. The SMILES string of the molecule is COC(=O)c1ccccc1NC(=O)C(=O)Nc1ccc(O)cc1C. The van der Waals surface area contributed by atoms with Gasteiger partial charge in [0, 0.05) is 5.69 Å². The fourth-order valence-corrected chi connectivity index (χ4v) is 2.03. The van der Waals surface area contributed by atoms with E-state index in [4.69, 9.17) is 0 Å². The Balaban J connectivity index is 2.12. The first-order valence-electron chi connectivity index (χ1n) is 7.01. The third kappa shape index (κ3) is 3.89. The lowest BCUT2D eigenvalue weighted by atomic mass is 10.1. The molecule has 0 aliphatic rings. The third-order valence-electron chi connectivity index (χ3n) is 3.24. The lowest BCUT2D eigenvalue weighted by molar-refractivity contribution is -0.133. The van der Waals surface area contributed by atoms with E-state index in [1.165, 1.54) is 37.4 Å². The maximum Gasteiger partial charge on any atom is 0.339 e. The molecule has 2 amide bonds. The molecule has 0 fully saturated rings. The molecule has 124 valence electrons. The van der Waals surface area contributed by atoms with Crippen LogP contribution >= 0.6 is 0 Å². The number of amides is 2. The fraction of sp³-hybridized carbons (Fsp3) is 0.118. The first kappa shape index (κ1) is 17.0. The standard InChI is InChI=1S/C17H16N2O5/c1-10-9-11(20)7-8-13(10)18-15(21)16(22)19-14-6-4-3-5-12(14)17(23)24-2/h3-9,20H,1-2H3,(H,18,21)(H,19,22). The fourth-order valence-electron chi connectivity index (χ4n) is 2.03. The number of carbonyl (C=O) groups is 3. The topological polar surface area (TPSA) is 105 Å². The van der Waals surface area contributed by atoms with E-state index in [2.05, 4.69) is 15.4 Å². The predicted molar refractivity (Wildman–Crippen MR) is 87.9 cm³/mol. The summed E-state index contributed by atoms with van der Waals surface area (Å²) in [4.78, 5) is 35.7. The van der Waals surface area contributed by atoms with Gasteiger partial charge in [0.05, 0.1) is 18.4 Å². The summed E-state index contributed by atoms with van der Waals surface area (Å²) in [5.74, 6) is -2.40. The van der Waals surface area contributed by atoms with E-state index in [1.54, 1.807) is 19.1 Å². The Morgan fingerprint density at radius 3 is 2.21 bits per heavy atom. The van der Waals surface area contributed by atoms with Crippen LogP contribution < -0.4 is 10.6 Å². The number of benzene rings is 2. The predicted octanol–water partition coefficient (Wildman–Crippen LogP) is 2.06. The zero-order chi connectivity index (χ0) is 17.7. The number of methoxy groups -OCH3 is 1. The number of phenols is 1. The molecule has 0 aromatic heterocycles. The zero-order valence-electron chi connectivity index (χ0n) is 13.1. The minimum absolute atomic E-state index is 0.0574. The first-order chi connectivity index (χ1) is 11.4. The number of carbonyl (C=O) groups excluding carboxylic acids is 3. The van der Waals surface area contributed by atoms with Gasteiger partial charge in [0.2, 0.25) is 0 Å². The number of para-hydroxylation sites is 1. The van der Waals surface area contributed by atoms with Gasteiger partial charge in [0.15, 0.2) is 0 Å². The minimum Gasteiger partial charge on any atom is -0.508 e. The van der Waals surface area contributed by atoms with Gasteiger partial charge < -0.3 is 20.5 Å². The van der Waals surface area contributed by atoms with Gasteiger partial charge in [-0.25, -0.2) is 4.79 Å². The number of anilines is 2. The summed E-state index contributed by atoms with van der Waals surface area (Å²) in [5, 5.41) is 14.2. The molecule has 3 N–H and O–H groups in total. The average molecular weight is 328 g/mol. The molecule has 0 heterocycles. The molecule has 24 heavy (non-hydrogen) atoms. The van der Waals surface area contributed by atoms with Crippen LogP contribution in [0.1, 0.15) is 15.9 Å². The van der Waals surface area contributed by atoms with Crippen LogP contribution in [0.2, 0.25) is 0 Å². The van der Waals surface area contributed by atoms with Crippen molar-refractivity contribution in [2.45, 2.75) is 6.92 Å². The van der Waals surface area contributed by atoms with Gasteiger partial charge in [0.25, 0.3) is 0 Å². The van der Waals surface area contributed by atoms with Crippen molar-refractivity contribution in [3.05, 3.63) is 53.6 Å². The van der Waals surface area contributed by atoms with Gasteiger partial charge >= 0.3 is 17.8 Å². The van der Waals surface area contributed by atoms with Crippen molar-refractivity contribution in [2.75, 3.05) is 17.7 Å². The maximum absolute atomic E-state index is 12.0. The normalized spacial score (nSPS) is 9.92. The van der Waals surface area contributed by atoms with Gasteiger partial charge in [-0.05, 0) is 42.8 Å². The van der Waals surface area contributed by atoms with Crippen molar-refractivity contribution >= 4 is 29.2 Å². The van der Waals surface area contributed by atoms with Crippen molar-refractivity contribution in [1.29, 1.82) is 0 Å². The van der Waals surface area contributed by atoms with Crippen LogP contribution in [0.25, 0.3) is 0 Å². The lowest BCUT2D eigenvalue weighted by Gasteiger charge is -2.11. The van der Waals surface area contributed by atoms with Crippen LogP contribution in [-0.2, 0) is 14.3 Å². The number of ether oxygens (including phenoxy) is 1. The molecule has 0 aliphatic carbocycles. The Labute approximate surface area is 138 Å². The summed E-state index contributed by atoms with van der Waals surface area (Å²) in [6, 6.07) is 10.5. The quantitative estimate of drug-likeness (QED) is 0.454. The van der Waals surface area contributed by atoms with Crippen molar-refractivity contribution in [3.8, 4) is 5.75 Å². The highest BCUT2D eigenvalue weighted by Gasteiger charge is 2.18. The number of rotatable bonds is 3. The van der Waals surface area contributed by atoms with Gasteiger partial charge in [-0.2, -0.15) is 0 Å². The van der Waals surface area contributed by atoms with E-state index in [1.807, 2.05) is 0 Å². The second kappa shape index (κ2) is 7.28. The monoisotopic (exact) mass is 328 g/mol. The molecular formula is C17H16N2O5. The molecule has 2 aromatic rings. The third-order valence-corrected chi connectivity index (χ3v) is 3.24. The lowest BCUT2D eigenvalue weighted by Crippen LogP contribution is -2.30. The number of aryl methyl sites for hydroxylation is 1. The van der Waals surface area contributed by atoms with Crippen LogP contribution in [0.5, 0.6) is 5.75 Å². The van der Waals surface area contributed by atoms with Crippen LogP contribution in [0.3, 0.4) is 0 Å². The molecule has 7 heteroatoms. The summed E-state index contributed by atoms with van der Waals surface area (Å²) in [7, 11) is 1.22. The molecule has 0 aliphatic heterocycles. The van der Waals surface area contributed by atoms with Crippen molar-refractivity contribution < 1.29 is 24.2 Å². The molecule has 7 nitrogen and oxygen atoms in total. The molecule has 0 bridgehead atoms. The van der Waals surface area contributed by atoms with Crippen LogP contribution in [-0.4, -0.2) is 30.0 Å². The van der Waals surface area contributed by atoms with E-state index in [-0.39, 0.29) is 17.0 Å². The summed E-state index contributed by atoms with van der Waals surface area (Å²) >= 11 is 0. The molecule has 2 aromatic carbocycles. The zero-order valence-corrected chi connectivity index (χ0v) is 13.1. The molecule has 0 saturated heterocycles. The number of nitrogens with one attached hydrogen (secondary N) is 2. The van der Waals surface area contributed by atoms with Gasteiger partial charge in [-0.3, -0.25) is 9.59 Å². The van der Waals surface area contributed by atoms with Crippen molar-refractivity contribution in [2.24, 2.45) is 0 Å². The van der Waals surface area contributed by atoms with Gasteiger partial charge in [-0.15, -0.1) is 0 Å². The molecule has 2 rings (SSSR count). The Hall–Kier alpha value is -3.35. The molecule has 0 atom stereocenters. The second-order valence-corrected chi connectivity index (χ2v) is 4.94. The highest BCUT2D eigenvalue weighted by atomic mass is 16.5. The van der Waals surface area contributed by atoms with Crippen LogP contribution in [0.15, 0.2) is 42.5 Å². The summed E-state index contributed by atoms with van der Waals surface area (Å²) in [5.41, 5.74) is 1.31. The van der Waals surface area contributed by atoms with E-state index >= 15 is 0 Å². The van der Waals surface area contributed by atoms with Crippen LogP contribution in [0.4, 0.5) is 11.4 Å². The molecule has 0 unspecified atom stereocenters. The van der Waals surface area contributed by atoms with Crippen LogP contribution in [0, 0.1) is 6.92 Å². The Morgan fingerprint density at radius 2 is 1.58 bits per heavy atom. The van der Waals surface area contributed by atoms with Crippen molar-refractivity contribution in [1.82, 2.24) is 0 Å². The van der Waals surface area contributed by atoms with Gasteiger partial charge in [0.1, 0.15) is 5.75 Å². The van der Waals surface area contributed by atoms with E-state index in [0.717, 1.165) is 0 Å². The molecule has 0 spiro atoms. The summed E-state index contributed by atoms with van der Waals surface area (Å²) in [6.07, 6.45) is 0. The number of aromatic hydroxyl groups is 1.